The molecule has 0 bridgehead atoms. The molecule has 22 heavy (non-hydrogen) atoms. The fourth-order valence-electron chi connectivity index (χ4n) is 2.34. The number of nitrogens with one attached hydrogen (secondary N) is 1. The first-order valence-corrected chi connectivity index (χ1v) is 7.65. The van der Waals surface area contributed by atoms with Gasteiger partial charge in [-0.15, -0.1) is 0 Å². The largest absolute Gasteiger partial charge is 0.357 e. The highest BCUT2D eigenvalue weighted by Gasteiger charge is 2.10. The van der Waals surface area contributed by atoms with Crippen LogP contribution >= 0.6 is 0 Å². The van der Waals surface area contributed by atoms with Gasteiger partial charge in [-0.1, -0.05) is 12.1 Å². The number of amides is 1. The van der Waals surface area contributed by atoms with E-state index < -0.39 is 0 Å². The molecule has 2 rings (SSSR count). The van der Waals surface area contributed by atoms with Crippen LogP contribution in [0.3, 0.4) is 0 Å². The van der Waals surface area contributed by atoms with Gasteiger partial charge < -0.3 is 10.2 Å². The summed E-state index contributed by atoms with van der Waals surface area (Å²) in [6, 6.07) is 9.61. The predicted molar refractivity (Wildman–Crippen MR) is 91.7 cm³/mol. The van der Waals surface area contributed by atoms with Crippen LogP contribution in [0, 0.1) is 13.8 Å². The zero-order valence-corrected chi connectivity index (χ0v) is 13.7. The van der Waals surface area contributed by atoms with Crippen molar-refractivity contribution in [2.75, 3.05) is 23.3 Å². The molecule has 1 heterocycles. The topological polar surface area (TPSA) is 45.2 Å². The Morgan fingerprint density at radius 2 is 1.86 bits per heavy atom. The number of anilines is 2. The maximum Gasteiger partial charge on any atom is 0.257 e. The van der Waals surface area contributed by atoms with E-state index in [-0.39, 0.29) is 5.91 Å². The van der Waals surface area contributed by atoms with E-state index in [1.165, 1.54) is 0 Å². The Bertz CT molecular complexity index is 646. The molecule has 4 nitrogen and oxygen atoms in total. The van der Waals surface area contributed by atoms with Crippen LogP contribution in [-0.2, 0) is 0 Å². The maximum absolute atomic E-state index is 12.3. The van der Waals surface area contributed by atoms with Crippen LogP contribution in [0.4, 0.5) is 11.5 Å². The van der Waals surface area contributed by atoms with Crippen molar-refractivity contribution < 1.29 is 4.79 Å². The number of pyridine rings is 1. The molecule has 0 radical (unpaired) electrons. The van der Waals surface area contributed by atoms with Crippen LogP contribution in [0.5, 0.6) is 0 Å². The van der Waals surface area contributed by atoms with Gasteiger partial charge in [0.15, 0.2) is 0 Å². The normalized spacial score (nSPS) is 10.4. The van der Waals surface area contributed by atoms with Gasteiger partial charge in [-0.25, -0.2) is 4.98 Å². The van der Waals surface area contributed by atoms with Crippen molar-refractivity contribution in [1.82, 2.24) is 4.98 Å². The van der Waals surface area contributed by atoms with Gasteiger partial charge in [-0.3, -0.25) is 4.79 Å². The van der Waals surface area contributed by atoms with Crippen molar-refractivity contribution in [1.29, 1.82) is 0 Å². The molecule has 1 N–H and O–H groups in total. The lowest BCUT2D eigenvalue weighted by atomic mass is 10.1. The van der Waals surface area contributed by atoms with Crippen LogP contribution in [0.1, 0.15) is 35.3 Å². The second-order valence-corrected chi connectivity index (χ2v) is 5.28. The highest BCUT2D eigenvalue weighted by molar-refractivity contribution is 6.04. The molecule has 0 saturated heterocycles. The first-order valence-electron chi connectivity index (χ1n) is 7.65. The van der Waals surface area contributed by atoms with Crippen molar-refractivity contribution in [2.45, 2.75) is 27.7 Å². The van der Waals surface area contributed by atoms with Crippen molar-refractivity contribution in [2.24, 2.45) is 0 Å². The Kier molecular flexibility index (Phi) is 5.15. The Hall–Kier alpha value is -2.36. The quantitative estimate of drug-likeness (QED) is 0.913. The molecule has 0 aliphatic heterocycles. The second kappa shape index (κ2) is 7.07. The Balaban J connectivity index is 2.15. The van der Waals surface area contributed by atoms with Crippen LogP contribution in [0.2, 0.25) is 0 Å². The average molecular weight is 297 g/mol. The third kappa shape index (κ3) is 3.45. The van der Waals surface area contributed by atoms with Gasteiger partial charge in [0, 0.05) is 25.0 Å². The molecule has 1 aromatic heterocycles. The van der Waals surface area contributed by atoms with Gasteiger partial charge in [-0.05, 0) is 57.0 Å². The van der Waals surface area contributed by atoms with Crippen LogP contribution in [0.15, 0.2) is 36.5 Å². The number of benzene rings is 1. The molecule has 0 atom stereocenters. The first kappa shape index (κ1) is 16.0. The average Bonchev–Trinajstić information content (AvgIpc) is 2.53. The first-order chi connectivity index (χ1) is 10.6. The van der Waals surface area contributed by atoms with E-state index in [4.69, 9.17) is 0 Å². The summed E-state index contributed by atoms with van der Waals surface area (Å²) in [5.41, 5.74) is 3.66. The summed E-state index contributed by atoms with van der Waals surface area (Å²) in [5.74, 6) is 0.764. The molecule has 0 fully saturated rings. The van der Waals surface area contributed by atoms with E-state index in [0.717, 1.165) is 35.7 Å². The summed E-state index contributed by atoms with van der Waals surface area (Å²) in [6.45, 7) is 10.0. The lowest BCUT2D eigenvalue weighted by Crippen LogP contribution is -2.23. The third-order valence-corrected chi connectivity index (χ3v) is 3.95. The highest BCUT2D eigenvalue weighted by atomic mass is 16.1. The minimum atomic E-state index is -0.132. The zero-order chi connectivity index (χ0) is 16.1. The smallest absolute Gasteiger partial charge is 0.257 e. The van der Waals surface area contributed by atoms with E-state index in [9.17, 15) is 4.79 Å². The number of hydrogen-bond donors (Lipinski definition) is 1. The van der Waals surface area contributed by atoms with Gasteiger partial charge in [-0.2, -0.15) is 0 Å². The molecule has 0 aliphatic rings. The monoisotopic (exact) mass is 297 g/mol. The molecule has 1 amide bonds. The molecule has 1 aromatic carbocycles. The van der Waals surface area contributed by atoms with E-state index in [1.54, 1.807) is 6.20 Å². The van der Waals surface area contributed by atoms with Crippen molar-refractivity contribution in [3.05, 3.63) is 53.2 Å². The van der Waals surface area contributed by atoms with Crippen molar-refractivity contribution >= 4 is 17.4 Å². The number of aryl methyl sites for hydroxylation is 1. The number of hydrogen-bond acceptors (Lipinski definition) is 3. The predicted octanol–water partition coefficient (Wildman–Crippen LogP) is 3.80. The number of nitrogens with zero attached hydrogens (tertiary/aromatic N) is 2. The number of aromatic nitrogens is 1. The fourth-order valence-corrected chi connectivity index (χ4v) is 2.34. The molecule has 0 saturated carbocycles. The van der Waals surface area contributed by atoms with E-state index in [0.29, 0.717) is 5.56 Å². The van der Waals surface area contributed by atoms with Gasteiger partial charge in [0.05, 0.1) is 5.56 Å². The zero-order valence-electron chi connectivity index (χ0n) is 13.7. The molecule has 2 aromatic rings. The second-order valence-electron chi connectivity index (χ2n) is 5.28. The number of carbonyl (C=O) groups is 1. The lowest BCUT2D eigenvalue weighted by molar-refractivity contribution is 0.102. The minimum absolute atomic E-state index is 0.132. The van der Waals surface area contributed by atoms with Crippen LogP contribution < -0.4 is 10.2 Å². The van der Waals surface area contributed by atoms with E-state index in [1.807, 2.05) is 44.2 Å². The SMILES string of the molecule is CCN(CC)c1ccc(C(=O)Nc2cccc(C)c2C)cn1. The summed E-state index contributed by atoms with van der Waals surface area (Å²) < 4.78 is 0. The van der Waals surface area contributed by atoms with Crippen LogP contribution in [0.25, 0.3) is 0 Å². The number of rotatable bonds is 5. The molecule has 0 aliphatic carbocycles. The highest BCUT2D eigenvalue weighted by Crippen LogP contribution is 2.19. The Morgan fingerprint density at radius 1 is 1.14 bits per heavy atom. The molecule has 4 heteroatoms. The lowest BCUT2D eigenvalue weighted by Gasteiger charge is -2.19. The molecule has 0 spiro atoms. The van der Waals surface area contributed by atoms with Crippen molar-refractivity contribution in [3.63, 3.8) is 0 Å². The molecular formula is C18H23N3O. The summed E-state index contributed by atoms with van der Waals surface area (Å²) >= 11 is 0. The standard InChI is InChI=1S/C18H23N3O/c1-5-21(6-2)17-11-10-15(12-19-17)18(22)20-16-9-7-8-13(3)14(16)4/h7-12H,5-6H2,1-4H3,(H,20,22). The molecule has 0 unspecified atom stereocenters. The summed E-state index contributed by atoms with van der Waals surface area (Å²) in [6.07, 6.45) is 1.63. The number of carbonyl (C=O) groups excluding carboxylic acids is 1. The molecular weight excluding hydrogens is 274 g/mol. The fraction of sp³-hybridized carbons (Fsp3) is 0.333. The van der Waals surface area contributed by atoms with E-state index >= 15 is 0 Å². The van der Waals surface area contributed by atoms with E-state index in [2.05, 4.69) is 29.0 Å². The Labute approximate surface area is 132 Å². The minimum Gasteiger partial charge on any atom is -0.357 e. The maximum atomic E-state index is 12.3. The molecule has 116 valence electrons. The van der Waals surface area contributed by atoms with Gasteiger partial charge in [0.2, 0.25) is 0 Å². The summed E-state index contributed by atoms with van der Waals surface area (Å²) in [7, 11) is 0. The third-order valence-electron chi connectivity index (χ3n) is 3.95. The summed E-state index contributed by atoms with van der Waals surface area (Å²) in [4.78, 5) is 18.9. The Morgan fingerprint density at radius 3 is 2.45 bits per heavy atom. The van der Waals surface area contributed by atoms with Gasteiger partial charge in [0.25, 0.3) is 5.91 Å². The van der Waals surface area contributed by atoms with Gasteiger partial charge >= 0.3 is 0 Å². The summed E-state index contributed by atoms with van der Waals surface area (Å²) in [5, 5.41) is 2.95. The van der Waals surface area contributed by atoms with Gasteiger partial charge in [0.1, 0.15) is 5.82 Å². The van der Waals surface area contributed by atoms with Crippen LogP contribution in [-0.4, -0.2) is 24.0 Å². The van der Waals surface area contributed by atoms with Crippen molar-refractivity contribution in [3.8, 4) is 0 Å².